The van der Waals surface area contributed by atoms with Crippen LogP contribution in [0.4, 0.5) is 13.2 Å². The Bertz CT molecular complexity index is 1320. The largest absolute Gasteiger partial charge is 0.493 e. The van der Waals surface area contributed by atoms with Crippen LogP contribution in [-0.2, 0) is 22.2 Å². The minimum Gasteiger partial charge on any atom is -0.493 e. The summed E-state index contributed by atoms with van der Waals surface area (Å²) in [5.74, 6) is 0.946. The van der Waals surface area contributed by atoms with Crippen LogP contribution >= 0.6 is 0 Å². The van der Waals surface area contributed by atoms with Crippen LogP contribution in [0.1, 0.15) is 55.2 Å². The molecule has 1 saturated carbocycles. The maximum atomic E-state index is 13.7. The third kappa shape index (κ3) is 6.11. The number of halogens is 3. The summed E-state index contributed by atoms with van der Waals surface area (Å²) >= 11 is 0. The lowest BCUT2D eigenvalue weighted by molar-refractivity contribution is -0.143. The summed E-state index contributed by atoms with van der Waals surface area (Å²) < 4.78 is 49.5. The van der Waals surface area contributed by atoms with Gasteiger partial charge >= 0.3 is 6.18 Å². The average molecular weight is 587 g/mol. The van der Waals surface area contributed by atoms with Crippen molar-refractivity contribution in [1.82, 2.24) is 9.91 Å². The highest BCUT2D eigenvalue weighted by Gasteiger charge is 2.44. The molecule has 1 saturated heterocycles. The zero-order valence-corrected chi connectivity index (χ0v) is 23.9. The first-order chi connectivity index (χ1) is 20.1. The number of fused-ring (bicyclic) bond motifs is 1. The third-order valence-electron chi connectivity index (χ3n) is 8.73. The fourth-order valence-electron chi connectivity index (χ4n) is 6.43. The molecule has 0 aromatic heterocycles. The van der Waals surface area contributed by atoms with Crippen molar-refractivity contribution >= 4 is 17.5 Å². The van der Waals surface area contributed by atoms with Crippen LogP contribution in [-0.4, -0.2) is 66.8 Å². The summed E-state index contributed by atoms with van der Waals surface area (Å²) in [6.07, 6.45) is 0.626. The van der Waals surface area contributed by atoms with E-state index in [0.717, 1.165) is 49.1 Å². The number of nitrogens with two attached hydrogens (primary N) is 1. The zero-order valence-electron chi connectivity index (χ0n) is 23.9. The molecular weight excluding hydrogens is 549 g/mol. The predicted octanol–water partition coefficient (Wildman–Crippen LogP) is 4.64. The van der Waals surface area contributed by atoms with Crippen LogP contribution in [0, 0.1) is 11.8 Å². The quantitative estimate of drug-likeness (QED) is 0.510. The van der Waals surface area contributed by atoms with Gasteiger partial charge in [-0.2, -0.15) is 18.3 Å². The van der Waals surface area contributed by atoms with Gasteiger partial charge in [0.1, 0.15) is 0 Å². The van der Waals surface area contributed by atoms with E-state index in [-0.39, 0.29) is 36.1 Å². The number of ether oxygens (including phenoxy) is 2. The summed E-state index contributed by atoms with van der Waals surface area (Å²) in [6.45, 7) is 0.840. The van der Waals surface area contributed by atoms with Crippen LogP contribution in [0.25, 0.3) is 0 Å². The van der Waals surface area contributed by atoms with Gasteiger partial charge in [0.15, 0.2) is 11.5 Å². The molecule has 1 aliphatic carbocycles. The molecule has 3 atom stereocenters. The summed E-state index contributed by atoms with van der Waals surface area (Å²) in [6, 6.07) is 9.43. The minimum atomic E-state index is -4.42. The van der Waals surface area contributed by atoms with Crippen molar-refractivity contribution < 1.29 is 32.2 Å². The number of amides is 2. The number of hydrogen-bond donors (Lipinski definition) is 1. The van der Waals surface area contributed by atoms with Crippen molar-refractivity contribution in [3.63, 3.8) is 0 Å². The average Bonchev–Trinajstić information content (AvgIpc) is 3.00. The van der Waals surface area contributed by atoms with Crippen molar-refractivity contribution in [2.75, 3.05) is 27.3 Å². The number of likely N-dealkylation sites (tertiary alicyclic amines) is 1. The van der Waals surface area contributed by atoms with E-state index in [1.807, 2.05) is 18.2 Å². The lowest BCUT2D eigenvalue weighted by Gasteiger charge is -2.43. The molecule has 2 aromatic rings. The summed E-state index contributed by atoms with van der Waals surface area (Å²) in [5.41, 5.74) is 7.80. The fraction of sp³-hybridized carbons (Fsp3) is 0.516. The number of carbonyl (C=O) groups is 2. The molecule has 2 amide bonds. The Labute approximate surface area is 243 Å². The molecule has 0 spiro atoms. The Morgan fingerprint density at radius 1 is 0.976 bits per heavy atom. The number of benzene rings is 2. The lowest BCUT2D eigenvalue weighted by Crippen LogP contribution is -2.54. The summed E-state index contributed by atoms with van der Waals surface area (Å²) in [4.78, 5) is 28.5. The highest BCUT2D eigenvalue weighted by atomic mass is 19.4. The maximum Gasteiger partial charge on any atom is 0.416 e. The monoisotopic (exact) mass is 586 g/mol. The molecule has 5 rings (SSSR count). The Morgan fingerprint density at radius 3 is 2.24 bits per heavy atom. The van der Waals surface area contributed by atoms with Gasteiger partial charge in [0.25, 0.3) is 0 Å². The van der Waals surface area contributed by atoms with Crippen molar-refractivity contribution in [3.05, 3.63) is 59.2 Å². The Morgan fingerprint density at radius 2 is 1.62 bits per heavy atom. The number of methoxy groups -OCH3 is 2. The van der Waals surface area contributed by atoms with Gasteiger partial charge in [-0.25, -0.2) is 5.01 Å². The fourth-order valence-corrected chi connectivity index (χ4v) is 6.43. The van der Waals surface area contributed by atoms with Crippen molar-refractivity contribution in [2.24, 2.45) is 22.7 Å². The van der Waals surface area contributed by atoms with Gasteiger partial charge in [-0.3, -0.25) is 9.59 Å². The Kier molecular flexibility index (Phi) is 8.77. The first-order valence-electron chi connectivity index (χ1n) is 14.4. The minimum absolute atomic E-state index is 0.0467. The second kappa shape index (κ2) is 12.3. The predicted molar refractivity (Wildman–Crippen MR) is 151 cm³/mol. The molecule has 0 bridgehead atoms. The van der Waals surface area contributed by atoms with Crippen LogP contribution in [0.15, 0.2) is 47.6 Å². The van der Waals surface area contributed by atoms with Gasteiger partial charge in [0.05, 0.1) is 37.6 Å². The number of piperidine rings is 1. The molecule has 2 N–H and O–H groups in total. The van der Waals surface area contributed by atoms with Gasteiger partial charge in [0.2, 0.25) is 11.8 Å². The van der Waals surface area contributed by atoms with E-state index in [1.165, 1.54) is 12.1 Å². The normalized spacial score (nSPS) is 22.3. The molecular formula is C31H37F3N4O4. The number of alkyl halides is 3. The molecule has 2 aliphatic heterocycles. The molecule has 0 radical (unpaired) electrons. The molecule has 2 heterocycles. The first kappa shape index (κ1) is 29.9. The second-order valence-electron chi connectivity index (χ2n) is 11.3. The van der Waals surface area contributed by atoms with E-state index in [9.17, 15) is 22.8 Å². The molecule has 0 unspecified atom stereocenters. The molecule has 11 heteroatoms. The molecule has 2 fully saturated rings. The first-order valence-corrected chi connectivity index (χ1v) is 14.4. The number of hydrogen-bond acceptors (Lipinski definition) is 6. The van der Waals surface area contributed by atoms with E-state index in [1.54, 1.807) is 24.1 Å². The van der Waals surface area contributed by atoms with Crippen molar-refractivity contribution in [3.8, 4) is 11.5 Å². The number of carbonyl (C=O) groups excluding carboxylic acids is 2. The van der Waals surface area contributed by atoms with Crippen LogP contribution in [0.2, 0.25) is 0 Å². The Hall–Kier alpha value is -3.60. The van der Waals surface area contributed by atoms with Crippen molar-refractivity contribution in [1.29, 1.82) is 0 Å². The smallest absolute Gasteiger partial charge is 0.416 e. The Balaban J connectivity index is 1.27. The maximum absolute atomic E-state index is 13.7. The van der Waals surface area contributed by atoms with Gasteiger partial charge in [-0.1, -0.05) is 25.0 Å². The molecule has 42 heavy (non-hydrogen) atoms. The zero-order chi connectivity index (χ0) is 30.0. The van der Waals surface area contributed by atoms with Gasteiger partial charge < -0.3 is 20.1 Å². The van der Waals surface area contributed by atoms with E-state index in [4.69, 9.17) is 20.3 Å². The lowest BCUT2D eigenvalue weighted by atomic mass is 9.73. The highest BCUT2D eigenvalue weighted by molar-refractivity contribution is 6.07. The molecule has 226 valence electrons. The van der Waals surface area contributed by atoms with Crippen LogP contribution in [0.3, 0.4) is 0 Å². The topological polar surface area (TPSA) is 97.5 Å². The third-order valence-corrected chi connectivity index (χ3v) is 8.73. The van der Waals surface area contributed by atoms with E-state index in [2.05, 4.69) is 0 Å². The van der Waals surface area contributed by atoms with E-state index >= 15 is 0 Å². The van der Waals surface area contributed by atoms with Gasteiger partial charge in [0, 0.05) is 30.5 Å². The standard InChI is InChI=1S/C31H37F3N4O4/c1-41-26-12-9-20(18-27(26)42-2)28-23-5-3-4-6-24(23)29(39)38(36-28)22-13-15-37(16-14-22)30(40)25(35)17-19-7-10-21(11-8-19)31(32,33)34/h7-12,18,22-25H,3-6,13-17,35H2,1-2H3/t23-,24+,25+/m0/s1. The van der Waals surface area contributed by atoms with E-state index < -0.39 is 17.8 Å². The summed E-state index contributed by atoms with van der Waals surface area (Å²) in [7, 11) is 3.18. The van der Waals surface area contributed by atoms with Crippen LogP contribution in [0.5, 0.6) is 11.5 Å². The molecule has 2 aromatic carbocycles. The number of rotatable bonds is 7. The second-order valence-corrected chi connectivity index (χ2v) is 11.3. The highest BCUT2D eigenvalue weighted by Crippen LogP contribution is 2.40. The molecule has 8 nitrogen and oxygen atoms in total. The number of nitrogens with zero attached hydrogens (tertiary/aromatic N) is 3. The summed E-state index contributed by atoms with van der Waals surface area (Å²) in [5, 5.41) is 6.61. The molecule has 3 aliphatic rings. The number of hydrazone groups is 1. The van der Waals surface area contributed by atoms with Gasteiger partial charge in [-0.15, -0.1) is 0 Å². The van der Waals surface area contributed by atoms with Gasteiger partial charge in [-0.05, 0) is 68.0 Å². The van der Waals surface area contributed by atoms with Crippen LogP contribution < -0.4 is 15.2 Å². The van der Waals surface area contributed by atoms with E-state index in [0.29, 0.717) is 43.0 Å². The van der Waals surface area contributed by atoms with Crippen molar-refractivity contribution in [2.45, 2.75) is 63.2 Å². The SMILES string of the molecule is COc1ccc(C2=NN(C3CCN(C(=O)[C@H](N)Cc4ccc(C(F)(F)F)cc4)CC3)C(=O)[C@@H]3CCCC[C@H]23)cc1OC.